The van der Waals surface area contributed by atoms with E-state index in [4.69, 9.17) is 5.11 Å². The van der Waals surface area contributed by atoms with Crippen molar-refractivity contribution in [2.45, 2.75) is 25.8 Å². The van der Waals surface area contributed by atoms with Crippen LogP contribution >= 0.6 is 0 Å². The van der Waals surface area contributed by atoms with E-state index in [1.807, 2.05) is 6.92 Å². The minimum atomic E-state index is -0.695. The first kappa shape index (κ1) is 12.4. The van der Waals surface area contributed by atoms with Crippen LogP contribution in [0.4, 0.5) is 0 Å². The Morgan fingerprint density at radius 3 is 2.81 bits per heavy atom. The van der Waals surface area contributed by atoms with E-state index in [1.54, 1.807) is 13.0 Å². The Kier molecular flexibility index (Phi) is 3.84. The van der Waals surface area contributed by atoms with Crippen molar-refractivity contribution >= 4 is 5.91 Å². The number of pyridine rings is 1. The Labute approximate surface area is 93.5 Å². The molecule has 0 saturated carbocycles. The lowest BCUT2D eigenvalue weighted by atomic mass is 10.00. The molecule has 0 spiro atoms. The van der Waals surface area contributed by atoms with Crippen LogP contribution in [0.5, 0.6) is 0 Å². The highest BCUT2D eigenvalue weighted by Gasteiger charge is 2.24. The highest BCUT2D eigenvalue weighted by Crippen LogP contribution is 2.08. The molecule has 3 N–H and O–H groups in total. The molecule has 5 nitrogen and oxygen atoms in total. The SMILES string of the molecule is CCC(C)(CO)NC(=O)c1ccc[nH]c1=O. The molecule has 1 amide bonds. The number of carbonyl (C=O) groups is 1. The van der Waals surface area contributed by atoms with Crippen LogP contribution in [0.25, 0.3) is 0 Å². The lowest BCUT2D eigenvalue weighted by Gasteiger charge is -2.26. The van der Waals surface area contributed by atoms with Gasteiger partial charge in [-0.2, -0.15) is 0 Å². The van der Waals surface area contributed by atoms with Crippen molar-refractivity contribution in [2.24, 2.45) is 0 Å². The number of hydrogen-bond acceptors (Lipinski definition) is 3. The van der Waals surface area contributed by atoms with Gasteiger partial charge in [0, 0.05) is 6.20 Å². The molecule has 0 aromatic carbocycles. The number of aromatic amines is 1. The van der Waals surface area contributed by atoms with E-state index in [-0.39, 0.29) is 12.2 Å². The number of hydrogen-bond donors (Lipinski definition) is 3. The number of aliphatic hydroxyl groups is 1. The zero-order valence-electron chi connectivity index (χ0n) is 9.41. The molecule has 0 saturated heterocycles. The van der Waals surface area contributed by atoms with Gasteiger partial charge in [-0.25, -0.2) is 0 Å². The van der Waals surface area contributed by atoms with Gasteiger partial charge in [-0.3, -0.25) is 9.59 Å². The van der Waals surface area contributed by atoms with Crippen molar-refractivity contribution in [2.75, 3.05) is 6.61 Å². The first-order valence-electron chi connectivity index (χ1n) is 5.13. The molecule has 1 heterocycles. The summed E-state index contributed by atoms with van der Waals surface area (Å²) >= 11 is 0. The largest absolute Gasteiger partial charge is 0.394 e. The summed E-state index contributed by atoms with van der Waals surface area (Å²) in [5, 5.41) is 11.8. The molecule has 1 aromatic rings. The molecule has 1 rings (SSSR count). The smallest absolute Gasteiger partial charge is 0.260 e. The van der Waals surface area contributed by atoms with Gasteiger partial charge in [0.25, 0.3) is 11.5 Å². The summed E-state index contributed by atoms with van der Waals surface area (Å²) in [5.74, 6) is -0.472. The van der Waals surface area contributed by atoms with Crippen LogP contribution in [0, 0.1) is 0 Å². The zero-order chi connectivity index (χ0) is 12.2. The average molecular weight is 224 g/mol. The fraction of sp³-hybridized carbons (Fsp3) is 0.455. The quantitative estimate of drug-likeness (QED) is 0.686. The average Bonchev–Trinajstić information content (AvgIpc) is 2.29. The highest BCUT2D eigenvalue weighted by atomic mass is 16.3. The van der Waals surface area contributed by atoms with Gasteiger partial charge in [-0.15, -0.1) is 0 Å². The Morgan fingerprint density at radius 1 is 1.62 bits per heavy atom. The predicted molar refractivity (Wildman–Crippen MR) is 60.3 cm³/mol. The van der Waals surface area contributed by atoms with Crippen LogP contribution in [0.15, 0.2) is 23.1 Å². The van der Waals surface area contributed by atoms with Gasteiger partial charge in [-0.1, -0.05) is 6.92 Å². The first-order chi connectivity index (χ1) is 7.52. The van der Waals surface area contributed by atoms with Crippen LogP contribution in [0.1, 0.15) is 30.6 Å². The summed E-state index contributed by atoms with van der Waals surface area (Å²) in [7, 11) is 0. The molecule has 0 aliphatic carbocycles. The number of rotatable bonds is 4. The monoisotopic (exact) mass is 224 g/mol. The normalized spacial score (nSPS) is 14.2. The van der Waals surface area contributed by atoms with Gasteiger partial charge in [0.1, 0.15) is 5.56 Å². The summed E-state index contributed by atoms with van der Waals surface area (Å²) in [6.45, 7) is 3.41. The van der Waals surface area contributed by atoms with Crippen LogP contribution in [-0.2, 0) is 0 Å². The van der Waals surface area contributed by atoms with E-state index in [9.17, 15) is 9.59 Å². The summed E-state index contributed by atoms with van der Waals surface area (Å²) in [6.07, 6.45) is 2.05. The third-order valence-corrected chi connectivity index (χ3v) is 2.61. The van der Waals surface area contributed by atoms with Gasteiger partial charge in [0.15, 0.2) is 0 Å². The molecule has 1 atom stereocenters. The molecule has 1 unspecified atom stereocenters. The van der Waals surface area contributed by atoms with Crippen molar-refractivity contribution in [1.29, 1.82) is 0 Å². The molecule has 0 aliphatic heterocycles. The lowest BCUT2D eigenvalue weighted by Crippen LogP contribution is -2.49. The van der Waals surface area contributed by atoms with Crippen molar-refractivity contribution in [3.63, 3.8) is 0 Å². The number of amides is 1. The standard InChI is InChI=1S/C11H16N2O3/c1-3-11(2,7-14)13-10(16)8-5-4-6-12-9(8)15/h4-6,14H,3,7H2,1-2H3,(H,12,15)(H,13,16). The topological polar surface area (TPSA) is 82.2 Å². The number of aromatic nitrogens is 1. The predicted octanol–water partition coefficient (Wildman–Crippen LogP) is 0.266. The molecule has 16 heavy (non-hydrogen) atoms. The number of H-pyrrole nitrogens is 1. The highest BCUT2D eigenvalue weighted by molar-refractivity contribution is 5.94. The van der Waals surface area contributed by atoms with E-state index >= 15 is 0 Å². The second-order valence-corrected chi connectivity index (χ2v) is 3.94. The van der Waals surface area contributed by atoms with Crippen LogP contribution in [0.3, 0.4) is 0 Å². The van der Waals surface area contributed by atoms with Gasteiger partial charge < -0.3 is 15.4 Å². The molecule has 5 heteroatoms. The van der Waals surface area contributed by atoms with Crippen LogP contribution in [0.2, 0.25) is 0 Å². The molecule has 0 fully saturated rings. The second-order valence-electron chi connectivity index (χ2n) is 3.94. The maximum atomic E-state index is 11.8. The van der Waals surface area contributed by atoms with Gasteiger partial charge in [0.2, 0.25) is 0 Å². The Morgan fingerprint density at radius 2 is 2.31 bits per heavy atom. The molecule has 88 valence electrons. The molecule has 0 bridgehead atoms. The third kappa shape index (κ3) is 2.70. The number of aliphatic hydroxyl groups excluding tert-OH is 1. The molecule has 0 radical (unpaired) electrons. The number of nitrogens with one attached hydrogen (secondary N) is 2. The minimum Gasteiger partial charge on any atom is -0.394 e. The van der Waals surface area contributed by atoms with E-state index in [0.29, 0.717) is 6.42 Å². The van der Waals surface area contributed by atoms with Crippen molar-refractivity contribution in [3.8, 4) is 0 Å². The molecule has 0 aliphatic rings. The maximum absolute atomic E-state index is 11.8. The van der Waals surface area contributed by atoms with Crippen molar-refractivity contribution < 1.29 is 9.90 Å². The van der Waals surface area contributed by atoms with E-state index < -0.39 is 17.0 Å². The first-order valence-corrected chi connectivity index (χ1v) is 5.13. The maximum Gasteiger partial charge on any atom is 0.260 e. The minimum absolute atomic E-state index is 0.0515. The Hall–Kier alpha value is -1.62. The molecular weight excluding hydrogens is 208 g/mol. The van der Waals surface area contributed by atoms with Crippen LogP contribution in [-0.4, -0.2) is 28.1 Å². The summed E-state index contributed by atoms with van der Waals surface area (Å²) < 4.78 is 0. The summed E-state index contributed by atoms with van der Waals surface area (Å²) in [5.41, 5.74) is -1.08. The zero-order valence-corrected chi connectivity index (χ0v) is 9.41. The summed E-state index contributed by atoms with van der Waals surface area (Å²) in [6, 6.07) is 3.03. The van der Waals surface area contributed by atoms with E-state index in [2.05, 4.69) is 10.3 Å². The Balaban J connectivity index is 2.89. The van der Waals surface area contributed by atoms with Crippen LogP contribution < -0.4 is 10.9 Å². The third-order valence-electron chi connectivity index (χ3n) is 2.61. The second kappa shape index (κ2) is 4.94. The van der Waals surface area contributed by atoms with Gasteiger partial charge >= 0.3 is 0 Å². The summed E-state index contributed by atoms with van der Waals surface area (Å²) in [4.78, 5) is 25.5. The van der Waals surface area contributed by atoms with E-state index in [1.165, 1.54) is 12.3 Å². The fourth-order valence-corrected chi connectivity index (χ4v) is 1.18. The fourth-order valence-electron chi connectivity index (χ4n) is 1.18. The van der Waals surface area contributed by atoms with E-state index in [0.717, 1.165) is 0 Å². The van der Waals surface area contributed by atoms with Gasteiger partial charge in [-0.05, 0) is 25.5 Å². The Bertz CT molecular complexity index is 421. The number of carbonyl (C=O) groups excluding carboxylic acids is 1. The van der Waals surface area contributed by atoms with Crippen molar-refractivity contribution in [1.82, 2.24) is 10.3 Å². The van der Waals surface area contributed by atoms with Gasteiger partial charge in [0.05, 0.1) is 12.1 Å². The lowest BCUT2D eigenvalue weighted by molar-refractivity contribution is 0.0846. The van der Waals surface area contributed by atoms with Crippen molar-refractivity contribution in [3.05, 3.63) is 34.2 Å². The molecular formula is C11H16N2O3. The molecule has 1 aromatic heterocycles.